The molecule has 0 amide bonds. The predicted molar refractivity (Wildman–Crippen MR) is 60.4 cm³/mol. The van der Waals surface area contributed by atoms with Gasteiger partial charge in [-0.25, -0.2) is 0 Å². The molecule has 80 valence electrons. The summed E-state index contributed by atoms with van der Waals surface area (Å²) < 4.78 is 0. The van der Waals surface area contributed by atoms with E-state index in [0.717, 1.165) is 11.4 Å². The Morgan fingerprint density at radius 1 is 0.875 bits per heavy atom. The molecule has 0 fully saturated rings. The van der Waals surface area contributed by atoms with E-state index >= 15 is 0 Å². The summed E-state index contributed by atoms with van der Waals surface area (Å²) >= 11 is 0. The lowest BCUT2D eigenvalue weighted by Gasteiger charge is -1.92. The van der Waals surface area contributed by atoms with Crippen molar-refractivity contribution in [2.45, 2.75) is 0 Å². The highest BCUT2D eigenvalue weighted by Crippen LogP contribution is 2.10. The minimum absolute atomic E-state index is 0.921. The monoisotopic (exact) mass is 213 g/mol. The van der Waals surface area contributed by atoms with Gasteiger partial charge in [-0.1, -0.05) is 6.07 Å². The summed E-state index contributed by atoms with van der Waals surface area (Å²) in [7, 11) is 0. The van der Waals surface area contributed by atoms with Gasteiger partial charge in [-0.15, -0.1) is 0 Å². The van der Waals surface area contributed by atoms with E-state index in [-0.39, 0.29) is 0 Å². The Balaban J connectivity index is 0.000000162. The van der Waals surface area contributed by atoms with Gasteiger partial charge in [-0.2, -0.15) is 10.2 Å². The molecule has 0 saturated carbocycles. The van der Waals surface area contributed by atoms with Crippen LogP contribution in [0.15, 0.2) is 55.1 Å². The maximum atomic E-state index is 4.15. The lowest BCUT2D eigenvalue weighted by atomic mass is 10.3. The molecule has 5 nitrogen and oxygen atoms in total. The summed E-state index contributed by atoms with van der Waals surface area (Å²) in [6.07, 6.45) is 6.93. The van der Waals surface area contributed by atoms with E-state index in [0.29, 0.717) is 0 Å². The molecular formula is C11H11N5. The van der Waals surface area contributed by atoms with Gasteiger partial charge in [0.15, 0.2) is 0 Å². The zero-order valence-corrected chi connectivity index (χ0v) is 8.54. The molecule has 3 aromatic rings. The van der Waals surface area contributed by atoms with Crippen molar-refractivity contribution in [2.75, 3.05) is 0 Å². The molecule has 0 atom stereocenters. The van der Waals surface area contributed by atoms with Crippen molar-refractivity contribution in [3.8, 4) is 11.4 Å². The largest absolute Gasteiger partial charge is 0.286 e. The Labute approximate surface area is 92.6 Å². The number of H-pyrrole nitrogens is 2. The molecule has 3 aromatic heterocycles. The summed E-state index contributed by atoms with van der Waals surface area (Å²) in [5, 5.41) is 12.9. The first-order valence-corrected chi connectivity index (χ1v) is 4.81. The molecule has 0 saturated heterocycles. The number of aromatic amines is 2. The molecule has 3 rings (SSSR count). The van der Waals surface area contributed by atoms with Crippen molar-refractivity contribution in [2.24, 2.45) is 0 Å². The van der Waals surface area contributed by atoms with Crippen molar-refractivity contribution in [3.63, 3.8) is 0 Å². The van der Waals surface area contributed by atoms with Crippen molar-refractivity contribution in [1.29, 1.82) is 0 Å². The Hall–Kier alpha value is -2.43. The van der Waals surface area contributed by atoms with Gasteiger partial charge >= 0.3 is 0 Å². The molecule has 0 unspecified atom stereocenters. The molecule has 3 heterocycles. The van der Waals surface area contributed by atoms with Crippen LogP contribution in [0.5, 0.6) is 0 Å². The summed E-state index contributed by atoms with van der Waals surface area (Å²) in [5.74, 6) is 0. The molecule has 0 spiro atoms. The second kappa shape index (κ2) is 5.45. The van der Waals surface area contributed by atoms with Crippen LogP contribution in [-0.2, 0) is 0 Å². The van der Waals surface area contributed by atoms with E-state index in [1.807, 2.05) is 30.3 Å². The second-order valence-corrected chi connectivity index (χ2v) is 2.95. The van der Waals surface area contributed by atoms with Crippen molar-refractivity contribution in [3.05, 3.63) is 55.1 Å². The minimum atomic E-state index is 0.921. The molecule has 16 heavy (non-hydrogen) atoms. The van der Waals surface area contributed by atoms with Crippen LogP contribution in [0.3, 0.4) is 0 Å². The first-order chi connectivity index (χ1) is 7.97. The Kier molecular flexibility index (Phi) is 3.44. The van der Waals surface area contributed by atoms with Crippen LogP contribution >= 0.6 is 0 Å². The number of nitrogens with zero attached hydrogens (tertiary/aromatic N) is 3. The Morgan fingerprint density at radius 2 is 1.88 bits per heavy atom. The van der Waals surface area contributed by atoms with Gasteiger partial charge < -0.3 is 0 Å². The standard InChI is InChI=1S/C8H7N3.C3H4N2/c1-2-5-9-7(3-1)8-4-6-10-11-8;1-2-4-5-3-1/h1-6H,(H,10,11);1-3H,(H,4,5). The second-order valence-electron chi connectivity index (χ2n) is 2.95. The third-order valence-corrected chi connectivity index (χ3v) is 1.85. The maximum absolute atomic E-state index is 4.15. The number of nitrogens with one attached hydrogen (secondary N) is 2. The first-order valence-electron chi connectivity index (χ1n) is 4.81. The number of hydrogen-bond donors (Lipinski definition) is 2. The highest BCUT2D eigenvalue weighted by molar-refractivity contribution is 5.52. The summed E-state index contributed by atoms with van der Waals surface area (Å²) in [6.45, 7) is 0. The predicted octanol–water partition coefficient (Wildman–Crippen LogP) is 1.88. The van der Waals surface area contributed by atoms with E-state index in [4.69, 9.17) is 0 Å². The van der Waals surface area contributed by atoms with Crippen LogP contribution in [-0.4, -0.2) is 25.4 Å². The van der Waals surface area contributed by atoms with Gasteiger partial charge in [0.05, 0.1) is 11.4 Å². The SMILES string of the molecule is c1ccc(-c2ccn[nH]2)nc1.c1cn[nH]c1. The molecule has 2 N–H and O–H groups in total. The molecule has 0 aliphatic carbocycles. The molecule has 0 aromatic carbocycles. The quantitative estimate of drug-likeness (QED) is 0.648. The fraction of sp³-hybridized carbons (Fsp3) is 0. The van der Waals surface area contributed by atoms with E-state index in [9.17, 15) is 0 Å². The molecule has 0 aliphatic heterocycles. The Morgan fingerprint density at radius 3 is 2.38 bits per heavy atom. The van der Waals surface area contributed by atoms with E-state index in [1.165, 1.54) is 0 Å². The molecule has 0 aliphatic rings. The van der Waals surface area contributed by atoms with E-state index in [1.54, 1.807) is 24.8 Å². The molecular weight excluding hydrogens is 202 g/mol. The summed E-state index contributed by atoms with van der Waals surface area (Å²) in [5.41, 5.74) is 1.87. The minimum Gasteiger partial charge on any atom is -0.286 e. The van der Waals surface area contributed by atoms with Crippen LogP contribution in [0.25, 0.3) is 11.4 Å². The lowest BCUT2D eigenvalue weighted by Crippen LogP contribution is -1.80. The van der Waals surface area contributed by atoms with Crippen LogP contribution in [0.2, 0.25) is 0 Å². The molecule has 5 heteroatoms. The smallest absolute Gasteiger partial charge is 0.0880 e. The molecule has 0 bridgehead atoms. The van der Waals surface area contributed by atoms with Gasteiger partial charge in [0.25, 0.3) is 0 Å². The average Bonchev–Trinajstić information content (AvgIpc) is 3.07. The fourth-order valence-corrected chi connectivity index (χ4v) is 1.14. The van der Waals surface area contributed by atoms with Crippen molar-refractivity contribution >= 4 is 0 Å². The average molecular weight is 213 g/mol. The molecule has 0 radical (unpaired) electrons. The van der Waals surface area contributed by atoms with Gasteiger partial charge in [0.2, 0.25) is 0 Å². The van der Waals surface area contributed by atoms with Gasteiger partial charge in [0.1, 0.15) is 0 Å². The Bertz CT molecular complexity index is 455. The van der Waals surface area contributed by atoms with Crippen molar-refractivity contribution in [1.82, 2.24) is 25.4 Å². The van der Waals surface area contributed by atoms with Gasteiger partial charge in [0, 0.05) is 24.8 Å². The number of hydrogen-bond acceptors (Lipinski definition) is 3. The summed E-state index contributed by atoms with van der Waals surface area (Å²) in [6, 6.07) is 9.50. The van der Waals surface area contributed by atoms with Crippen LogP contribution in [0, 0.1) is 0 Å². The van der Waals surface area contributed by atoms with Gasteiger partial charge in [-0.3, -0.25) is 15.2 Å². The first kappa shape index (κ1) is 10.1. The zero-order chi connectivity index (χ0) is 11.1. The third kappa shape index (κ3) is 2.78. The highest BCUT2D eigenvalue weighted by Gasteiger charge is 1.95. The van der Waals surface area contributed by atoms with Crippen LogP contribution < -0.4 is 0 Å². The van der Waals surface area contributed by atoms with E-state index < -0.39 is 0 Å². The number of pyridine rings is 1. The maximum Gasteiger partial charge on any atom is 0.0880 e. The number of rotatable bonds is 1. The van der Waals surface area contributed by atoms with E-state index in [2.05, 4.69) is 25.4 Å². The fourth-order valence-electron chi connectivity index (χ4n) is 1.14. The van der Waals surface area contributed by atoms with Crippen LogP contribution in [0.4, 0.5) is 0 Å². The number of aromatic nitrogens is 5. The third-order valence-electron chi connectivity index (χ3n) is 1.85. The topological polar surface area (TPSA) is 70.2 Å². The van der Waals surface area contributed by atoms with Crippen molar-refractivity contribution < 1.29 is 0 Å². The lowest BCUT2D eigenvalue weighted by molar-refractivity contribution is 1.09. The zero-order valence-electron chi connectivity index (χ0n) is 8.54. The van der Waals surface area contributed by atoms with Crippen LogP contribution in [0.1, 0.15) is 0 Å². The summed E-state index contributed by atoms with van der Waals surface area (Å²) in [4.78, 5) is 4.15. The van der Waals surface area contributed by atoms with Gasteiger partial charge in [-0.05, 0) is 24.3 Å². The highest BCUT2D eigenvalue weighted by atomic mass is 15.1. The normalized spacial score (nSPS) is 9.25.